The van der Waals surface area contributed by atoms with Crippen molar-refractivity contribution in [2.75, 3.05) is 0 Å². The standard InChI is InChI=1S/C15H10N2O2S/c18-17(19)14-4-2-1-3-13(14)11-5-7-12(8-6-11)15-16-9-10-20-15/h1-10H. The lowest BCUT2D eigenvalue weighted by atomic mass is 10.0. The van der Waals surface area contributed by atoms with Gasteiger partial charge in [-0.3, -0.25) is 10.1 Å². The van der Waals surface area contributed by atoms with Gasteiger partial charge in [-0.2, -0.15) is 0 Å². The van der Waals surface area contributed by atoms with Crippen molar-refractivity contribution in [2.45, 2.75) is 0 Å². The molecule has 0 unspecified atom stereocenters. The van der Waals surface area contributed by atoms with Gasteiger partial charge in [0.2, 0.25) is 0 Å². The molecule has 2 aromatic carbocycles. The minimum absolute atomic E-state index is 0.120. The van der Waals surface area contributed by atoms with Crippen LogP contribution >= 0.6 is 11.3 Å². The monoisotopic (exact) mass is 282 g/mol. The van der Waals surface area contributed by atoms with Crippen molar-refractivity contribution in [3.63, 3.8) is 0 Å². The van der Waals surface area contributed by atoms with Crippen LogP contribution in [0.1, 0.15) is 0 Å². The van der Waals surface area contributed by atoms with Crippen LogP contribution in [0, 0.1) is 10.1 Å². The molecule has 0 atom stereocenters. The molecular formula is C15H10N2O2S. The van der Waals surface area contributed by atoms with Crippen LogP contribution in [0.5, 0.6) is 0 Å². The number of para-hydroxylation sites is 1. The van der Waals surface area contributed by atoms with Gasteiger partial charge in [-0.05, 0) is 11.6 Å². The minimum Gasteiger partial charge on any atom is -0.258 e. The smallest absolute Gasteiger partial charge is 0.258 e. The Morgan fingerprint density at radius 1 is 1.00 bits per heavy atom. The van der Waals surface area contributed by atoms with E-state index in [1.54, 1.807) is 35.7 Å². The predicted octanol–water partition coefficient (Wildman–Crippen LogP) is 4.39. The fourth-order valence-electron chi connectivity index (χ4n) is 2.04. The first-order chi connectivity index (χ1) is 9.75. The second-order valence-electron chi connectivity index (χ2n) is 4.19. The third kappa shape index (κ3) is 2.31. The first-order valence-corrected chi connectivity index (χ1v) is 6.87. The first kappa shape index (κ1) is 12.5. The number of benzene rings is 2. The van der Waals surface area contributed by atoms with Crippen molar-refractivity contribution in [1.82, 2.24) is 4.98 Å². The molecule has 0 bridgehead atoms. The molecular weight excluding hydrogens is 272 g/mol. The van der Waals surface area contributed by atoms with E-state index in [2.05, 4.69) is 4.98 Å². The summed E-state index contributed by atoms with van der Waals surface area (Å²) < 4.78 is 0. The zero-order valence-corrected chi connectivity index (χ0v) is 11.2. The number of rotatable bonds is 3. The highest BCUT2D eigenvalue weighted by atomic mass is 32.1. The van der Waals surface area contributed by atoms with Gasteiger partial charge in [-0.15, -0.1) is 11.3 Å². The molecule has 0 N–H and O–H groups in total. The Kier molecular flexibility index (Phi) is 3.26. The van der Waals surface area contributed by atoms with Crippen LogP contribution in [0.3, 0.4) is 0 Å². The van der Waals surface area contributed by atoms with E-state index < -0.39 is 0 Å². The SMILES string of the molecule is O=[N+]([O-])c1ccccc1-c1ccc(-c2nccs2)cc1. The molecule has 0 aliphatic heterocycles. The zero-order chi connectivity index (χ0) is 13.9. The number of nitro benzene ring substituents is 1. The van der Waals surface area contributed by atoms with Gasteiger partial charge in [0.25, 0.3) is 5.69 Å². The highest BCUT2D eigenvalue weighted by Gasteiger charge is 2.13. The summed E-state index contributed by atoms with van der Waals surface area (Å²) in [4.78, 5) is 14.9. The molecule has 0 fully saturated rings. The Hall–Kier alpha value is -2.53. The van der Waals surface area contributed by atoms with Crippen LogP contribution < -0.4 is 0 Å². The normalized spacial score (nSPS) is 10.4. The Balaban J connectivity index is 2.02. The maximum absolute atomic E-state index is 11.0. The number of thiazole rings is 1. The molecule has 0 aliphatic carbocycles. The van der Waals surface area contributed by atoms with Crippen LogP contribution in [0.4, 0.5) is 5.69 Å². The van der Waals surface area contributed by atoms with Gasteiger partial charge in [0, 0.05) is 23.2 Å². The van der Waals surface area contributed by atoms with Crippen molar-refractivity contribution >= 4 is 17.0 Å². The molecule has 5 heteroatoms. The van der Waals surface area contributed by atoms with Crippen molar-refractivity contribution in [3.8, 4) is 21.7 Å². The molecule has 1 aromatic heterocycles. The highest BCUT2D eigenvalue weighted by molar-refractivity contribution is 7.13. The Bertz CT molecular complexity index is 737. The molecule has 0 saturated heterocycles. The van der Waals surface area contributed by atoms with Crippen molar-refractivity contribution in [3.05, 3.63) is 70.2 Å². The lowest BCUT2D eigenvalue weighted by Gasteiger charge is -2.04. The van der Waals surface area contributed by atoms with Gasteiger partial charge in [0.1, 0.15) is 5.01 Å². The number of hydrogen-bond acceptors (Lipinski definition) is 4. The van der Waals surface area contributed by atoms with Crippen molar-refractivity contribution in [1.29, 1.82) is 0 Å². The molecule has 98 valence electrons. The molecule has 0 spiro atoms. The summed E-state index contributed by atoms with van der Waals surface area (Å²) in [6.45, 7) is 0. The van der Waals surface area contributed by atoms with Crippen LogP contribution in [0.15, 0.2) is 60.1 Å². The lowest BCUT2D eigenvalue weighted by Crippen LogP contribution is -1.91. The van der Waals surface area contributed by atoms with Crippen LogP contribution in [-0.4, -0.2) is 9.91 Å². The molecule has 4 nitrogen and oxygen atoms in total. The number of nitro groups is 1. The molecule has 0 radical (unpaired) electrons. The largest absolute Gasteiger partial charge is 0.277 e. The zero-order valence-electron chi connectivity index (χ0n) is 10.4. The average molecular weight is 282 g/mol. The van der Waals surface area contributed by atoms with E-state index in [1.165, 1.54) is 6.07 Å². The third-order valence-electron chi connectivity index (χ3n) is 2.98. The second-order valence-corrected chi connectivity index (χ2v) is 5.08. The molecule has 0 saturated carbocycles. The Morgan fingerprint density at radius 3 is 2.35 bits per heavy atom. The van der Waals surface area contributed by atoms with E-state index in [-0.39, 0.29) is 10.6 Å². The fourth-order valence-corrected chi connectivity index (χ4v) is 2.68. The van der Waals surface area contributed by atoms with Crippen molar-refractivity contribution in [2.24, 2.45) is 0 Å². The predicted molar refractivity (Wildman–Crippen MR) is 79.6 cm³/mol. The third-order valence-corrected chi connectivity index (χ3v) is 3.80. The maximum Gasteiger partial charge on any atom is 0.277 e. The van der Waals surface area contributed by atoms with E-state index in [0.29, 0.717) is 5.56 Å². The maximum atomic E-state index is 11.0. The Morgan fingerprint density at radius 2 is 1.70 bits per heavy atom. The van der Waals surface area contributed by atoms with Crippen LogP contribution in [-0.2, 0) is 0 Å². The van der Waals surface area contributed by atoms with Crippen LogP contribution in [0.25, 0.3) is 21.7 Å². The second kappa shape index (κ2) is 5.22. The summed E-state index contributed by atoms with van der Waals surface area (Å²) in [6, 6.07) is 14.4. The van der Waals surface area contributed by atoms with Crippen LogP contribution in [0.2, 0.25) is 0 Å². The Labute approximate surface area is 119 Å². The van der Waals surface area contributed by atoms with E-state index in [0.717, 1.165) is 16.1 Å². The van der Waals surface area contributed by atoms with Gasteiger partial charge >= 0.3 is 0 Å². The molecule has 1 heterocycles. The lowest BCUT2D eigenvalue weighted by molar-refractivity contribution is -0.384. The molecule has 3 rings (SSSR count). The van der Waals surface area contributed by atoms with Gasteiger partial charge in [-0.1, -0.05) is 36.4 Å². The minimum atomic E-state index is -0.357. The van der Waals surface area contributed by atoms with Gasteiger partial charge in [0.05, 0.1) is 10.5 Å². The number of aromatic nitrogens is 1. The van der Waals surface area contributed by atoms with Gasteiger partial charge in [0.15, 0.2) is 0 Å². The van der Waals surface area contributed by atoms with Gasteiger partial charge in [-0.25, -0.2) is 4.98 Å². The average Bonchev–Trinajstić information content (AvgIpc) is 3.02. The molecule has 0 amide bonds. The summed E-state index contributed by atoms with van der Waals surface area (Å²) in [6.07, 6.45) is 1.76. The molecule has 0 aliphatic rings. The summed E-state index contributed by atoms with van der Waals surface area (Å²) in [5.41, 5.74) is 2.60. The molecule has 3 aromatic rings. The van der Waals surface area contributed by atoms with Crippen molar-refractivity contribution < 1.29 is 4.92 Å². The van der Waals surface area contributed by atoms with Gasteiger partial charge < -0.3 is 0 Å². The quantitative estimate of drug-likeness (QED) is 0.529. The van der Waals surface area contributed by atoms with E-state index in [9.17, 15) is 10.1 Å². The molecule has 20 heavy (non-hydrogen) atoms. The topological polar surface area (TPSA) is 56.0 Å². The summed E-state index contributed by atoms with van der Waals surface area (Å²) in [5, 5.41) is 13.9. The first-order valence-electron chi connectivity index (χ1n) is 5.99. The summed E-state index contributed by atoms with van der Waals surface area (Å²) in [5.74, 6) is 0. The number of nitrogens with zero attached hydrogens (tertiary/aromatic N) is 2. The van der Waals surface area contributed by atoms with E-state index in [4.69, 9.17) is 0 Å². The summed E-state index contributed by atoms with van der Waals surface area (Å²) in [7, 11) is 0. The van der Waals surface area contributed by atoms with E-state index >= 15 is 0 Å². The summed E-state index contributed by atoms with van der Waals surface area (Å²) >= 11 is 1.57. The number of hydrogen-bond donors (Lipinski definition) is 0. The van der Waals surface area contributed by atoms with E-state index in [1.807, 2.05) is 29.6 Å². The fraction of sp³-hybridized carbons (Fsp3) is 0. The highest BCUT2D eigenvalue weighted by Crippen LogP contribution is 2.31.